The number of nitrogens with zero attached hydrogens (tertiary/aromatic N) is 4. The van der Waals surface area contributed by atoms with Crippen molar-refractivity contribution in [3.05, 3.63) is 64.4 Å². The Balaban J connectivity index is 1.23. The summed E-state index contributed by atoms with van der Waals surface area (Å²) in [6.45, 7) is 4.44. The van der Waals surface area contributed by atoms with Crippen LogP contribution in [0.4, 0.5) is 5.95 Å². The Bertz CT molecular complexity index is 1060. The van der Waals surface area contributed by atoms with Crippen molar-refractivity contribution < 1.29 is 9.47 Å². The van der Waals surface area contributed by atoms with Crippen molar-refractivity contribution in [3.63, 3.8) is 0 Å². The minimum atomic E-state index is -0.219. The molecule has 1 saturated heterocycles. The Kier molecular flexibility index (Phi) is 4.61. The topological polar surface area (TPSA) is 83.6 Å². The van der Waals surface area contributed by atoms with Crippen LogP contribution in [-0.4, -0.2) is 53.1 Å². The zero-order chi connectivity index (χ0) is 19.6. The van der Waals surface area contributed by atoms with E-state index in [-0.39, 0.29) is 5.56 Å². The van der Waals surface area contributed by atoms with E-state index in [1.54, 1.807) is 0 Å². The molecule has 2 aliphatic heterocycles. The molecule has 0 atom stereocenters. The highest BCUT2D eigenvalue weighted by Crippen LogP contribution is 2.32. The maximum atomic E-state index is 12.5. The fourth-order valence-corrected chi connectivity index (χ4v) is 3.67. The SMILES string of the molecule is O=c1[nH]c(N2CCN(Cc3ccc4c(c3)OCO4)CC2)nnc1-c1ccccc1. The normalized spacial score (nSPS) is 16.2. The third-order valence-electron chi connectivity index (χ3n) is 5.25. The van der Waals surface area contributed by atoms with E-state index in [1.807, 2.05) is 42.5 Å². The summed E-state index contributed by atoms with van der Waals surface area (Å²) in [5.41, 5.74) is 2.09. The summed E-state index contributed by atoms with van der Waals surface area (Å²) in [4.78, 5) is 19.8. The van der Waals surface area contributed by atoms with E-state index in [1.165, 1.54) is 5.56 Å². The van der Waals surface area contributed by atoms with Crippen LogP contribution >= 0.6 is 0 Å². The molecule has 0 radical (unpaired) electrons. The smallest absolute Gasteiger partial charge is 0.279 e. The number of nitrogens with one attached hydrogen (secondary N) is 1. The monoisotopic (exact) mass is 391 g/mol. The van der Waals surface area contributed by atoms with E-state index in [2.05, 4.69) is 31.0 Å². The van der Waals surface area contributed by atoms with Gasteiger partial charge in [-0.3, -0.25) is 14.7 Å². The van der Waals surface area contributed by atoms with Gasteiger partial charge in [-0.1, -0.05) is 36.4 Å². The molecule has 0 amide bonds. The molecule has 8 heteroatoms. The Morgan fingerprint density at radius 1 is 0.931 bits per heavy atom. The van der Waals surface area contributed by atoms with Crippen LogP contribution in [0.5, 0.6) is 11.5 Å². The maximum absolute atomic E-state index is 12.5. The molecule has 0 saturated carbocycles. The van der Waals surface area contributed by atoms with Gasteiger partial charge in [0.15, 0.2) is 17.2 Å². The maximum Gasteiger partial charge on any atom is 0.279 e. The minimum absolute atomic E-state index is 0.219. The summed E-state index contributed by atoms with van der Waals surface area (Å²) in [7, 11) is 0. The van der Waals surface area contributed by atoms with Gasteiger partial charge in [0.2, 0.25) is 12.7 Å². The number of benzene rings is 2. The summed E-state index contributed by atoms with van der Waals surface area (Å²) in [5.74, 6) is 2.14. The second-order valence-electron chi connectivity index (χ2n) is 7.14. The van der Waals surface area contributed by atoms with Crippen LogP contribution in [-0.2, 0) is 6.54 Å². The third-order valence-corrected chi connectivity index (χ3v) is 5.25. The first-order chi connectivity index (χ1) is 14.3. The largest absolute Gasteiger partial charge is 0.454 e. The van der Waals surface area contributed by atoms with Gasteiger partial charge in [0, 0.05) is 38.3 Å². The number of aromatic amines is 1. The van der Waals surface area contributed by atoms with Crippen LogP contribution in [0.2, 0.25) is 0 Å². The molecule has 3 aromatic rings. The van der Waals surface area contributed by atoms with Gasteiger partial charge in [0.1, 0.15) is 0 Å². The first-order valence-corrected chi connectivity index (χ1v) is 9.64. The molecule has 0 unspecified atom stereocenters. The van der Waals surface area contributed by atoms with E-state index in [9.17, 15) is 4.79 Å². The van der Waals surface area contributed by atoms with E-state index in [4.69, 9.17) is 9.47 Å². The first kappa shape index (κ1) is 17.7. The van der Waals surface area contributed by atoms with Gasteiger partial charge in [-0.25, -0.2) is 0 Å². The number of ether oxygens (including phenoxy) is 2. The van der Waals surface area contributed by atoms with Crippen molar-refractivity contribution in [3.8, 4) is 22.8 Å². The van der Waals surface area contributed by atoms with Crippen molar-refractivity contribution >= 4 is 5.95 Å². The van der Waals surface area contributed by atoms with Crippen LogP contribution in [0.25, 0.3) is 11.3 Å². The van der Waals surface area contributed by atoms with Gasteiger partial charge in [-0.2, -0.15) is 0 Å². The molecular formula is C21H21N5O3. The van der Waals surface area contributed by atoms with Crippen molar-refractivity contribution in [1.82, 2.24) is 20.1 Å². The lowest BCUT2D eigenvalue weighted by molar-refractivity contribution is 0.174. The lowest BCUT2D eigenvalue weighted by atomic mass is 10.1. The van der Waals surface area contributed by atoms with Gasteiger partial charge in [-0.05, 0) is 17.7 Å². The van der Waals surface area contributed by atoms with Gasteiger partial charge < -0.3 is 14.4 Å². The quantitative estimate of drug-likeness (QED) is 0.727. The summed E-state index contributed by atoms with van der Waals surface area (Å²) in [5, 5.41) is 8.43. The number of rotatable bonds is 4. The lowest BCUT2D eigenvalue weighted by Gasteiger charge is -2.34. The average Bonchev–Trinajstić information content (AvgIpc) is 3.23. The highest BCUT2D eigenvalue weighted by Gasteiger charge is 2.21. The molecule has 0 spiro atoms. The fourth-order valence-electron chi connectivity index (χ4n) is 3.67. The van der Waals surface area contributed by atoms with E-state index < -0.39 is 0 Å². The summed E-state index contributed by atoms with van der Waals surface area (Å²) in [6.07, 6.45) is 0. The van der Waals surface area contributed by atoms with Gasteiger partial charge in [0.25, 0.3) is 5.56 Å². The highest BCUT2D eigenvalue weighted by atomic mass is 16.7. The van der Waals surface area contributed by atoms with E-state index >= 15 is 0 Å². The van der Waals surface area contributed by atoms with Gasteiger partial charge in [0.05, 0.1) is 0 Å². The predicted octanol–water partition coefficient (Wildman–Crippen LogP) is 1.88. The number of H-pyrrole nitrogens is 1. The Morgan fingerprint density at radius 3 is 2.52 bits per heavy atom. The van der Waals surface area contributed by atoms with Crippen LogP contribution in [0.3, 0.4) is 0 Å². The molecule has 1 aromatic heterocycles. The number of piperazine rings is 1. The zero-order valence-electron chi connectivity index (χ0n) is 15.9. The van der Waals surface area contributed by atoms with Crippen LogP contribution in [0, 0.1) is 0 Å². The average molecular weight is 391 g/mol. The molecule has 2 aromatic carbocycles. The van der Waals surface area contributed by atoms with Crippen LogP contribution in [0.1, 0.15) is 5.56 Å². The molecule has 148 valence electrons. The highest BCUT2D eigenvalue weighted by molar-refractivity contribution is 5.57. The Morgan fingerprint density at radius 2 is 1.72 bits per heavy atom. The summed E-state index contributed by atoms with van der Waals surface area (Å²) < 4.78 is 10.8. The van der Waals surface area contributed by atoms with Crippen LogP contribution in [0.15, 0.2) is 53.3 Å². The number of fused-ring (bicyclic) bond motifs is 1. The molecular weight excluding hydrogens is 370 g/mol. The lowest BCUT2D eigenvalue weighted by Crippen LogP contribution is -2.47. The Hall–Kier alpha value is -3.39. The van der Waals surface area contributed by atoms with Crippen molar-refractivity contribution in [2.24, 2.45) is 0 Å². The standard InChI is InChI=1S/C21H21N5O3/c27-20-19(16-4-2-1-3-5-16)23-24-21(22-20)26-10-8-25(9-11-26)13-15-6-7-17-18(12-15)29-14-28-17/h1-7,12H,8-11,13-14H2,(H,22,24,27). The molecule has 0 aliphatic carbocycles. The van der Waals surface area contributed by atoms with Crippen molar-refractivity contribution in [2.45, 2.75) is 6.54 Å². The van der Waals surface area contributed by atoms with Gasteiger partial charge in [-0.15, -0.1) is 10.2 Å². The Labute approximate surface area is 167 Å². The fraction of sp³-hybridized carbons (Fsp3) is 0.286. The molecule has 1 fully saturated rings. The summed E-state index contributed by atoms with van der Waals surface area (Å²) >= 11 is 0. The van der Waals surface area contributed by atoms with Gasteiger partial charge >= 0.3 is 0 Å². The third kappa shape index (κ3) is 3.66. The second-order valence-corrected chi connectivity index (χ2v) is 7.14. The second kappa shape index (κ2) is 7.56. The molecule has 29 heavy (non-hydrogen) atoms. The molecule has 0 bridgehead atoms. The number of anilines is 1. The molecule has 2 aliphatic rings. The number of aromatic nitrogens is 3. The van der Waals surface area contributed by atoms with Crippen molar-refractivity contribution in [2.75, 3.05) is 37.9 Å². The summed E-state index contributed by atoms with van der Waals surface area (Å²) in [6, 6.07) is 15.4. The zero-order valence-corrected chi connectivity index (χ0v) is 15.9. The predicted molar refractivity (Wildman–Crippen MR) is 108 cm³/mol. The molecule has 3 heterocycles. The molecule has 5 rings (SSSR count). The number of hydrogen-bond donors (Lipinski definition) is 1. The minimum Gasteiger partial charge on any atom is -0.454 e. The first-order valence-electron chi connectivity index (χ1n) is 9.64. The van der Waals surface area contributed by atoms with Crippen LogP contribution < -0.4 is 19.9 Å². The molecule has 1 N–H and O–H groups in total. The van der Waals surface area contributed by atoms with E-state index in [0.29, 0.717) is 18.4 Å². The molecule has 8 nitrogen and oxygen atoms in total. The number of hydrogen-bond acceptors (Lipinski definition) is 7. The van der Waals surface area contributed by atoms with E-state index in [0.717, 1.165) is 49.8 Å². The van der Waals surface area contributed by atoms with Crippen molar-refractivity contribution in [1.29, 1.82) is 0 Å².